The Morgan fingerprint density at radius 1 is 1.26 bits per heavy atom. The summed E-state index contributed by atoms with van der Waals surface area (Å²) in [7, 11) is 2.92. The number of pyridine rings is 2. The summed E-state index contributed by atoms with van der Waals surface area (Å²) in [5.41, 5.74) is 2.67. The summed E-state index contributed by atoms with van der Waals surface area (Å²) in [6.45, 7) is 0.219. The van der Waals surface area contributed by atoms with Gasteiger partial charge >= 0.3 is 0 Å². The van der Waals surface area contributed by atoms with Crippen LogP contribution in [0.2, 0.25) is 0 Å². The predicted molar refractivity (Wildman–Crippen MR) is 123 cm³/mol. The van der Waals surface area contributed by atoms with E-state index in [1.54, 1.807) is 31.8 Å². The van der Waals surface area contributed by atoms with Crippen molar-refractivity contribution in [3.8, 4) is 5.75 Å². The zero-order valence-corrected chi connectivity index (χ0v) is 18.8. The molecule has 0 bridgehead atoms. The van der Waals surface area contributed by atoms with Gasteiger partial charge in [0.1, 0.15) is 16.9 Å². The highest BCUT2D eigenvalue weighted by Crippen LogP contribution is 2.27. The van der Waals surface area contributed by atoms with Gasteiger partial charge in [-0.1, -0.05) is 6.07 Å². The van der Waals surface area contributed by atoms with Gasteiger partial charge in [-0.15, -0.1) is 0 Å². The monoisotopic (exact) mass is 465 g/mol. The number of aryl methyl sites for hydroxylation is 1. The number of ether oxygens (including phenoxy) is 1. The van der Waals surface area contributed by atoms with E-state index in [0.717, 1.165) is 16.7 Å². The van der Waals surface area contributed by atoms with Gasteiger partial charge in [-0.3, -0.25) is 14.6 Å². The number of nitrogens with one attached hydrogen (secondary N) is 1. The van der Waals surface area contributed by atoms with Gasteiger partial charge < -0.3 is 24.3 Å². The Bertz CT molecular complexity index is 1400. The molecule has 0 saturated heterocycles. The quantitative estimate of drug-likeness (QED) is 0.409. The minimum absolute atomic E-state index is 0.00855. The van der Waals surface area contributed by atoms with Crippen LogP contribution in [0.4, 0.5) is 4.39 Å². The number of amides is 1. The Balaban J connectivity index is 1.75. The molecule has 3 aromatic heterocycles. The third kappa shape index (κ3) is 4.53. The fourth-order valence-electron chi connectivity index (χ4n) is 3.88. The van der Waals surface area contributed by atoms with Crippen LogP contribution >= 0.6 is 0 Å². The van der Waals surface area contributed by atoms with Crippen molar-refractivity contribution < 1.29 is 19.0 Å². The van der Waals surface area contributed by atoms with Gasteiger partial charge in [0.2, 0.25) is 0 Å². The number of aliphatic hydroxyl groups excluding tert-OH is 1. The lowest BCUT2D eigenvalue weighted by molar-refractivity contribution is 0.0940. The Morgan fingerprint density at radius 3 is 2.79 bits per heavy atom. The van der Waals surface area contributed by atoms with E-state index in [-0.39, 0.29) is 30.3 Å². The maximum Gasteiger partial charge on any atom is 0.267 e. The highest BCUT2D eigenvalue weighted by molar-refractivity contribution is 6.01. The summed E-state index contributed by atoms with van der Waals surface area (Å²) in [6.07, 6.45) is 7.25. The lowest BCUT2D eigenvalue weighted by atomic mass is 9.99. The molecule has 1 amide bonds. The summed E-state index contributed by atoms with van der Waals surface area (Å²) >= 11 is 0. The van der Waals surface area contributed by atoms with Gasteiger partial charge in [-0.05, 0) is 41.3 Å². The average Bonchev–Trinajstić information content (AvgIpc) is 3.34. The second-order valence-corrected chi connectivity index (χ2v) is 7.79. The average molecular weight is 465 g/mol. The maximum absolute atomic E-state index is 13.9. The fraction of sp³-hybridized carbons (Fsp3) is 0.250. The van der Waals surface area contributed by atoms with Gasteiger partial charge in [-0.25, -0.2) is 9.37 Å². The molecular formula is C24H24FN5O4. The van der Waals surface area contributed by atoms with Crippen molar-refractivity contribution in [1.82, 2.24) is 24.4 Å². The molecule has 10 heteroatoms. The van der Waals surface area contributed by atoms with Crippen molar-refractivity contribution in [2.45, 2.75) is 13.0 Å². The van der Waals surface area contributed by atoms with E-state index < -0.39 is 11.5 Å². The Kier molecular flexibility index (Phi) is 6.69. The van der Waals surface area contributed by atoms with Crippen molar-refractivity contribution in [2.24, 2.45) is 7.05 Å². The van der Waals surface area contributed by atoms with Crippen molar-refractivity contribution >= 4 is 16.9 Å². The molecular weight excluding hydrogens is 441 g/mol. The number of rotatable bonds is 8. The van der Waals surface area contributed by atoms with E-state index in [2.05, 4.69) is 15.3 Å². The minimum atomic E-state index is -0.644. The SMILES string of the molecule is COc1c(C(=O)NCCO)c(=O)n(C)c2cc(Cc3ccc(F)cc3Cn3ccnc3)cnc12. The molecule has 0 spiro atoms. The largest absolute Gasteiger partial charge is 0.493 e. The zero-order valence-electron chi connectivity index (χ0n) is 18.8. The number of hydrogen-bond acceptors (Lipinski definition) is 6. The topological polar surface area (TPSA) is 111 Å². The summed E-state index contributed by atoms with van der Waals surface area (Å²) in [5, 5.41) is 11.5. The molecule has 0 radical (unpaired) electrons. The highest BCUT2D eigenvalue weighted by atomic mass is 19.1. The van der Waals surface area contributed by atoms with E-state index in [1.807, 2.05) is 16.8 Å². The summed E-state index contributed by atoms with van der Waals surface area (Å²) in [5.74, 6) is -0.896. The summed E-state index contributed by atoms with van der Waals surface area (Å²) in [6, 6.07) is 6.46. The van der Waals surface area contributed by atoms with Crippen LogP contribution in [0, 0.1) is 5.82 Å². The fourth-order valence-corrected chi connectivity index (χ4v) is 3.88. The van der Waals surface area contributed by atoms with E-state index >= 15 is 0 Å². The molecule has 4 rings (SSSR count). The molecule has 0 unspecified atom stereocenters. The molecule has 2 N–H and O–H groups in total. The van der Waals surface area contributed by atoms with Crippen molar-refractivity contribution in [2.75, 3.05) is 20.3 Å². The second-order valence-electron chi connectivity index (χ2n) is 7.79. The highest BCUT2D eigenvalue weighted by Gasteiger charge is 2.23. The number of methoxy groups -OCH3 is 1. The van der Waals surface area contributed by atoms with Crippen LogP contribution in [0.1, 0.15) is 27.0 Å². The van der Waals surface area contributed by atoms with Crippen LogP contribution in [0.3, 0.4) is 0 Å². The molecule has 0 atom stereocenters. The van der Waals surface area contributed by atoms with E-state index in [4.69, 9.17) is 9.84 Å². The lowest BCUT2D eigenvalue weighted by Gasteiger charge is -2.15. The number of imidazole rings is 1. The van der Waals surface area contributed by atoms with Gasteiger partial charge in [-0.2, -0.15) is 0 Å². The first-order valence-corrected chi connectivity index (χ1v) is 10.6. The molecule has 176 valence electrons. The standard InChI is InChI=1S/C24H24FN5O4/c1-29-19-10-15(9-16-3-4-18(25)11-17(16)13-30-7-5-26-14-30)12-28-21(19)22(34-2)20(24(29)33)23(32)27-6-8-31/h3-5,7,10-12,14,31H,6,8-9,13H2,1-2H3,(H,27,32). The molecule has 0 saturated carbocycles. The molecule has 0 aliphatic rings. The van der Waals surface area contributed by atoms with Gasteiger partial charge in [0.15, 0.2) is 5.75 Å². The van der Waals surface area contributed by atoms with Crippen LogP contribution in [-0.2, 0) is 20.0 Å². The van der Waals surface area contributed by atoms with E-state index in [1.165, 1.54) is 23.8 Å². The first-order chi connectivity index (χ1) is 16.4. The number of carbonyl (C=O) groups is 1. The number of hydrogen-bond donors (Lipinski definition) is 2. The summed E-state index contributed by atoms with van der Waals surface area (Å²) in [4.78, 5) is 34.0. The van der Waals surface area contributed by atoms with Crippen molar-refractivity contribution in [3.63, 3.8) is 0 Å². The van der Waals surface area contributed by atoms with Gasteiger partial charge in [0, 0.05) is 38.7 Å². The molecule has 0 aliphatic carbocycles. The minimum Gasteiger partial charge on any atom is -0.493 e. The number of nitrogens with zero attached hydrogens (tertiary/aromatic N) is 4. The molecule has 9 nitrogen and oxygen atoms in total. The van der Waals surface area contributed by atoms with E-state index in [9.17, 15) is 14.0 Å². The third-order valence-electron chi connectivity index (χ3n) is 5.55. The van der Waals surface area contributed by atoms with Crippen LogP contribution in [-0.4, -0.2) is 50.4 Å². The lowest BCUT2D eigenvalue weighted by Crippen LogP contribution is -2.34. The Morgan fingerprint density at radius 2 is 2.09 bits per heavy atom. The van der Waals surface area contributed by atoms with Crippen molar-refractivity contribution in [1.29, 1.82) is 0 Å². The molecule has 0 aliphatic heterocycles. The second kappa shape index (κ2) is 9.84. The zero-order chi connectivity index (χ0) is 24.2. The molecule has 0 fully saturated rings. The first-order valence-electron chi connectivity index (χ1n) is 10.6. The Hall–Kier alpha value is -4.05. The summed E-state index contributed by atoms with van der Waals surface area (Å²) < 4.78 is 22.5. The molecule has 4 aromatic rings. The number of halogens is 1. The molecule has 34 heavy (non-hydrogen) atoms. The first kappa shape index (κ1) is 23.1. The normalized spacial score (nSPS) is 11.1. The van der Waals surface area contributed by atoms with Crippen LogP contribution in [0.15, 0.2) is 54.0 Å². The van der Waals surface area contributed by atoms with Crippen LogP contribution in [0.25, 0.3) is 11.0 Å². The smallest absolute Gasteiger partial charge is 0.267 e. The van der Waals surface area contributed by atoms with Gasteiger partial charge in [0.05, 0.1) is 25.6 Å². The van der Waals surface area contributed by atoms with Crippen LogP contribution in [0.5, 0.6) is 5.75 Å². The maximum atomic E-state index is 13.9. The number of aliphatic hydroxyl groups is 1. The number of fused-ring (bicyclic) bond motifs is 1. The van der Waals surface area contributed by atoms with E-state index in [0.29, 0.717) is 24.0 Å². The number of carbonyl (C=O) groups excluding carboxylic acids is 1. The number of aromatic nitrogens is 4. The predicted octanol–water partition coefficient (Wildman–Crippen LogP) is 1.64. The third-order valence-corrected chi connectivity index (χ3v) is 5.55. The Labute approximate surface area is 194 Å². The molecule has 1 aromatic carbocycles. The number of benzene rings is 1. The molecule has 3 heterocycles. The van der Waals surface area contributed by atoms with Gasteiger partial charge in [0.25, 0.3) is 11.5 Å². The van der Waals surface area contributed by atoms with Crippen molar-refractivity contribution in [3.05, 3.63) is 87.6 Å². The van der Waals surface area contributed by atoms with Crippen LogP contribution < -0.4 is 15.6 Å².